The summed E-state index contributed by atoms with van der Waals surface area (Å²) in [6.45, 7) is 0.325. The summed E-state index contributed by atoms with van der Waals surface area (Å²) >= 11 is 0. The monoisotopic (exact) mass is 327 g/mol. The quantitative estimate of drug-likeness (QED) is 0.579. The van der Waals surface area contributed by atoms with Crippen molar-refractivity contribution in [3.05, 3.63) is 88.5 Å². The standard InChI is InChI=1S/C19H13N5O/c20-11-16-17(15-9-5-2-6-10-15)24-19(21-13-22-24)23(18(16)25)12-14-7-3-1-4-8-14/h1-10,13H,12H2. The molecule has 0 amide bonds. The number of benzene rings is 2. The molecule has 0 saturated heterocycles. The van der Waals surface area contributed by atoms with Crippen LogP contribution in [0.15, 0.2) is 71.8 Å². The van der Waals surface area contributed by atoms with E-state index < -0.39 is 0 Å². The predicted octanol–water partition coefficient (Wildman–Crippen LogP) is 2.48. The van der Waals surface area contributed by atoms with Crippen molar-refractivity contribution in [1.29, 1.82) is 5.26 Å². The molecule has 4 aromatic rings. The number of nitriles is 1. The lowest BCUT2D eigenvalue weighted by Crippen LogP contribution is -2.27. The van der Waals surface area contributed by atoms with Crippen LogP contribution in [0, 0.1) is 11.3 Å². The summed E-state index contributed by atoms with van der Waals surface area (Å²) in [5.41, 5.74) is 1.85. The highest BCUT2D eigenvalue weighted by Gasteiger charge is 2.19. The zero-order chi connectivity index (χ0) is 17.2. The van der Waals surface area contributed by atoms with Crippen molar-refractivity contribution in [2.45, 2.75) is 6.54 Å². The first-order valence-corrected chi connectivity index (χ1v) is 7.75. The van der Waals surface area contributed by atoms with E-state index >= 15 is 0 Å². The Morgan fingerprint density at radius 2 is 1.68 bits per heavy atom. The molecule has 0 fully saturated rings. The van der Waals surface area contributed by atoms with E-state index in [1.54, 1.807) is 4.52 Å². The van der Waals surface area contributed by atoms with Gasteiger partial charge in [-0.05, 0) is 5.56 Å². The van der Waals surface area contributed by atoms with Gasteiger partial charge < -0.3 is 0 Å². The third kappa shape index (κ3) is 2.48. The smallest absolute Gasteiger partial charge is 0.271 e. The molecule has 2 heterocycles. The Morgan fingerprint density at radius 1 is 1.00 bits per heavy atom. The van der Waals surface area contributed by atoms with Gasteiger partial charge in [0.2, 0.25) is 5.78 Å². The van der Waals surface area contributed by atoms with Gasteiger partial charge in [0.25, 0.3) is 5.56 Å². The normalized spacial score (nSPS) is 10.7. The van der Waals surface area contributed by atoms with E-state index in [0.29, 0.717) is 18.0 Å². The Kier molecular flexibility index (Phi) is 3.60. The Labute approximate surface area is 143 Å². The maximum Gasteiger partial charge on any atom is 0.273 e. The molecule has 0 aliphatic carbocycles. The largest absolute Gasteiger partial charge is 0.273 e. The lowest BCUT2D eigenvalue weighted by atomic mass is 10.1. The Balaban J connectivity index is 2.02. The van der Waals surface area contributed by atoms with Gasteiger partial charge in [0.05, 0.1) is 12.2 Å². The SMILES string of the molecule is N#Cc1c(-c2ccccc2)n2ncnc2n(Cc2ccccc2)c1=O. The first-order chi connectivity index (χ1) is 12.3. The fraction of sp³-hybridized carbons (Fsp3) is 0.0526. The Morgan fingerprint density at radius 3 is 2.36 bits per heavy atom. The fourth-order valence-corrected chi connectivity index (χ4v) is 2.88. The molecule has 0 atom stereocenters. The Hall–Kier alpha value is -3.72. The van der Waals surface area contributed by atoms with E-state index in [4.69, 9.17) is 0 Å². The highest BCUT2D eigenvalue weighted by atomic mass is 16.1. The van der Waals surface area contributed by atoms with Gasteiger partial charge in [0.1, 0.15) is 18.0 Å². The maximum absolute atomic E-state index is 13.0. The first kappa shape index (κ1) is 14.8. The molecule has 0 aliphatic heterocycles. The minimum absolute atomic E-state index is 0.0557. The second-order valence-corrected chi connectivity index (χ2v) is 5.55. The summed E-state index contributed by atoms with van der Waals surface area (Å²) in [7, 11) is 0. The summed E-state index contributed by atoms with van der Waals surface area (Å²) in [6, 6.07) is 20.9. The molecule has 6 heteroatoms. The zero-order valence-corrected chi connectivity index (χ0v) is 13.2. The second-order valence-electron chi connectivity index (χ2n) is 5.55. The molecule has 0 bridgehead atoms. The van der Waals surface area contributed by atoms with Crippen LogP contribution in [-0.4, -0.2) is 19.2 Å². The van der Waals surface area contributed by atoms with Gasteiger partial charge in [-0.25, -0.2) is 0 Å². The van der Waals surface area contributed by atoms with E-state index in [1.807, 2.05) is 66.7 Å². The minimum atomic E-state index is -0.370. The molecule has 120 valence electrons. The van der Waals surface area contributed by atoms with Crippen molar-refractivity contribution in [1.82, 2.24) is 19.2 Å². The van der Waals surface area contributed by atoms with Crippen LogP contribution >= 0.6 is 0 Å². The molecular weight excluding hydrogens is 314 g/mol. The summed E-state index contributed by atoms with van der Waals surface area (Å²) in [6.07, 6.45) is 1.39. The Bertz CT molecular complexity index is 1140. The number of aromatic nitrogens is 4. The number of hydrogen-bond acceptors (Lipinski definition) is 4. The van der Waals surface area contributed by atoms with Gasteiger partial charge >= 0.3 is 0 Å². The number of rotatable bonds is 3. The molecule has 6 nitrogen and oxygen atoms in total. The van der Waals surface area contributed by atoms with E-state index in [-0.39, 0.29) is 11.1 Å². The summed E-state index contributed by atoms with van der Waals surface area (Å²) < 4.78 is 3.03. The van der Waals surface area contributed by atoms with Crippen molar-refractivity contribution in [2.75, 3.05) is 0 Å². The molecular formula is C19H13N5O. The van der Waals surface area contributed by atoms with Crippen molar-refractivity contribution < 1.29 is 0 Å². The van der Waals surface area contributed by atoms with E-state index in [2.05, 4.69) is 10.1 Å². The molecule has 0 spiro atoms. The molecule has 25 heavy (non-hydrogen) atoms. The third-order valence-electron chi connectivity index (χ3n) is 4.02. The summed E-state index contributed by atoms with van der Waals surface area (Å²) in [4.78, 5) is 17.2. The van der Waals surface area contributed by atoms with Crippen molar-refractivity contribution in [3.63, 3.8) is 0 Å². The van der Waals surface area contributed by atoms with Gasteiger partial charge in [0.15, 0.2) is 0 Å². The average molecular weight is 327 g/mol. The van der Waals surface area contributed by atoms with E-state index in [1.165, 1.54) is 10.9 Å². The molecule has 4 rings (SSSR count). The third-order valence-corrected chi connectivity index (χ3v) is 4.02. The van der Waals surface area contributed by atoms with Crippen LogP contribution in [0.3, 0.4) is 0 Å². The van der Waals surface area contributed by atoms with E-state index in [0.717, 1.165) is 11.1 Å². The lowest BCUT2D eigenvalue weighted by Gasteiger charge is -2.12. The molecule has 0 unspecified atom stereocenters. The van der Waals surface area contributed by atoms with Gasteiger partial charge in [-0.3, -0.25) is 9.36 Å². The molecule has 0 saturated carbocycles. The van der Waals surface area contributed by atoms with Gasteiger partial charge in [0, 0.05) is 5.56 Å². The molecule has 2 aromatic carbocycles. The molecule has 2 aromatic heterocycles. The summed E-state index contributed by atoms with van der Waals surface area (Å²) in [5.74, 6) is 0.409. The van der Waals surface area contributed by atoms with Crippen molar-refractivity contribution >= 4 is 5.78 Å². The summed E-state index contributed by atoms with van der Waals surface area (Å²) in [5, 5.41) is 13.9. The highest BCUT2D eigenvalue weighted by Crippen LogP contribution is 2.21. The molecule has 0 radical (unpaired) electrons. The van der Waals surface area contributed by atoms with Crippen LogP contribution in [0.25, 0.3) is 17.0 Å². The minimum Gasteiger partial charge on any atom is -0.271 e. The second kappa shape index (κ2) is 6.06. The zero-order valence-electron chi connectivity index (χ0n) is 13.2. The van der Waals surface area contributed by atoms with Crippen LogP contribution in [0.4, 0.5) is 0 Å². The lowest BCUT2D eigenvalue weighted by molar-refractivity contribution is 0.741. The van der Waals surface area contributed by atoms with Gasteiger partial charge in [-0.2, -0.15) is 19.9 Å². The molecule has 0 N–H and O–H groups in total. The van der Waals surface area contributed by atoms with Crippen LogP contribution in [0.2, 0.25) is 0 Å². The van der Waals surface area contributed by atoms with Crippen LogP contribution in [-0.2, 0) is 6.54 Å². The average Bonchev–Trinajstić information content (AvgIpc) is 3.14. The highest BCUT2D eigenvalue weighted by molar-refractivity contribution is 5.68. The predicted molar refractivity (Wildman–Crippen MR) is 92.9 cm³/mol. The first-order valence-electron chi connectivity index (χ1n) is 7.75. The number of nitrogens with zero attached hydrogens (tertiary/aromatic N) is 5. The van der Waals surface area contributed by atoms with E-state index in [9.17, 15) is 10.1 Å². The molecule has 0 aliphatic rings. The van der Waals surface area contributed by atoms with Crippen molar-refractivity contribution in [2.24, 2.45) is 0 Å². The van der Waals surface area contributed by atoms with Crippen LogP contribution < -0.4 is 5.56 Å². The number of hydrogen-bond donors (Lipinski definition) is 0. The topological polar surface area (TPSA) is 76.0 Å². The van der Waals surface area contributed by atoms with Crippen LogP contribution in [0.5, 0.6) is 0 Å². The number of fused-ring (bicyclic) bond motifs is 1. The fourth-order valence-electron chi connectivity index (χ4n) is 2.88. The van der Waals surface area contributed by atoms with Gasteiger partial charge in [-0.1, -0.05) is 60.7 Å². The van der Waals surface area contributed by atoms with Crippen molar-refractivity contribution in [3.8, 4) is 17.3 Å². The van der Waals surface area contributed by atoms with Gasteiger partial charge in [-0.15, -0.1) is 0 Å². The maximum atomic E-state index is 13.0. The van der Waals surface area contributed by atoms with Crippen LogP contribution in [0.1, 0.15) is 11.1 Å².